The Balaban J connectivity index is 1.90. The van der Waals surface area contributed by atoms with Gasteiger partial charge in [0.05, 0.1) is 11.9 Å². The summed E-state index contributed by atoms with van der Waals surface area (Å²) in [6.07, 6.45) is 8.09. The summed E-state index contributed by atoms with van der Waals surface area (Å²) < 4.78 is 0. The van der Waals surface area contributed by atoms with Crippen LogP contribution in [0.2, 0.25) is 0 Å². The summed E-state index contributed by atoms with van der Waals surface area (Å²) >= 11 is 0. The number of carboxylic acid groups (broad SMARTS) is 1. The number of carbonyl (C=O) groups is 1. The van der Waals surface area contributed by atoms with Crippen molar-refractivity contribution < 1.29 is 9.90 Å². The number of imidazole rings is 1. The summed E-state index contributed by atoms with van der Waals surface area (Å²) in [6.45, 7) is 2.03. The number of aliphatic carboxylic acids is 1. The van der Waals surface area contributed by atoms with Gasteiger partial charge in [-0.3, -0.25) is 4.79 Å². The second-order valence-corrected chi connectivity index (χ2v) is 6.32. The molecule has 1 aliphatic rings. The van der Waals surface area contributed by atoms with Gasteiger partial charge in [-0.2, -0.15) is 0 Å². The van der Waals surface area contributed by atoms with E-state index in [0.29, 0.717) is 6.42 Å². The number of aromatic nitrogens is 3. The molecule has 2 heterocycles. The Bertz CT molecular complexity index is 657. The minimum absolute atomic E-state index is 0.147. The highest BCUT2D eigenvalue weighted by atomic mass is 16.4. The van der Waals surface area contributed by atoms with Crippen LogP contribution in [0.1, 0.15) is 49.9 Å². The molecule has 0 spiro atoms. The Labute approximate surface area is 123 Å². The van der Waals surface area contributed by atoms with Gasteiger partial charge < -0.3 is 10.1 Å². The second-order valence-electron chi connectivity index (χ2n) is 6.32. The van der Waals surface area contributed by atoms with Crippen LogP contribution in [-0.2, 0) is 11.2 Å². The predicted octanol–water partition coefficient (Wildman–Crippen LogP) is 3.23. The number of nitrogens with zero attached hydrogens (tertiary/aromatic N) is 2. The molecule has 0 aliphatic heterocycles. The molecule has 0 aromatic carbocycles. The van der Waals surface area contributed by atoms with E-state index in [4.69, 9.17) is 0 Å². The van der Waals surface area contributed by atoms with Crippen molar-refractivity contribution >= 4 is 17.1 Å². The summed E-state index contributed by atoms with van der Waals surface area (Å²) in [7, 11) is 0. The number of fused-ring (bicyclic) bond motifs is 1. The van der Waals surface area contributed by atoms with Gasteiger partial charge in [0.1, 0.15) is 5.82 Å². The summed E-state index contributed by atoms with van der Waals surface area (Å²) in [4.78, 5) is 23.4. The van der Waals surface area contributed by atoms with E-state index >= 15 is 0 Å². The Morgan fingerprint density at radius 3 is 2.81 bits per heavy atom. The highest BCUT2D eigenvalue weighted by Crippen LogP contribution is 2.41. The van der Waals surface area contributed by atoms with Crippen molar-refractivity contribution in [1.29, 1.82) is 0 Å². The van der Waals surface area contributed by atoms with Crippen molar-refractivity contribution in [3.05, 3.63) is 23.7 Å². The zero-order valence-corrected chi connectivity index (χ0v) is 12.4. The molecule has 5 nitrogen and oxygen atoms in total. The third kappa shape index (κ3) is 2.91. The maximum atomic E-state index is 11.2. The molecule has 2 aromatic heterocycles. The number of nitrogens with one attached hydrogen (secondary N) is 1. The predicted molar refractivity (Wildman–Crippen MR) is 80.1 cm³/mol. The molecular formula is C16H21N3O2. The van der Waals surface area contributed by atoms with Crippen LogP contribution in [0.3, 0.4) is 0 Å². The Morgan fingerprint density at radius 1 is 1.38 bits per heavy atom. The fraction of sp³-hybridized carbons (Fsp3) is 0.562. The molecule has 2 aromatic rings. The molecule has 1 aliphatic carbocycles. The van der Waals surface area contributed by atoms with Crippen LogP contribution in [0, 0.1) is 12.3 Å². The van der Waals surface area contributed by atoms with E-state index in [9.17, 15) is 9.90 Å². The quantitative estimate of drug-likeness (QED) is 0.904. The van der Waals surface area contributed by atoms with Crippen molar-refractivity contribution in [2.45, 2.75) is 51.9 Å². The first-order valence-corrected chi connectivity index (χ1v) is 7.60. The lowest BCUT2D eigenvalue weighted by atomic mass is 9.69. The lowest BCUT2D eigenvalue weighted by molar-refractivity contribution is -0.140. The van der Waals surface area contributed by atoms with Crippen molar-refractivity contribution in [3.8, 4) is 0 Å². The molecule has 5 heteroatoms. The number of aryl methyl sites for hydroxylation is 1. The van der Waals surface area contributed by atoms with Crippen molar-refractivity contribution in [1.82, 2.24) is 15.0 Å². The first kappa shape index (κ1) is 14.0. The molecule has 1 fully saturated rings. The summed E-state index contributed by atoms with van der Waals surface area (Å²) in [5, 5.41) is 9.25. The average Bonchev–Trinajstić information content (AvgIpc) is 2.82. The van der Waals surface area contributed by atoms with Crippen molar-refractivity contribution in [2.24, 2.45) is 5.41 Å². The van der Waals surface area contributed by atoms with Crippen molar-refractivity contribution in [3.63, 3.8) is 0 Å². The fourth-order valence-corrected chi connectivity index (χ4v) is 3.56. The first-order chi connectivity index (χ1) is 10.1. The van der Waals surface area contributed by atoms with Crippen LogP contribution in [-0.4, -0.2) is 26.0 Å². The minimum atomic E-state index is -0.706. The van der Waals surface area contributed by atoms with Crippen LogP contribution in [0.5, 0.6) is 0 Å². The monoisotopic (exact) mass is 287 g/mol. The van der Waals surface area contributed by atoms with Gasteiger partial charge in [-0.1, -0.05) is 19.3 Å². The molecule has 0 bridgehead atoms. The first-order valence-electron chi connectivity index (χ1n) is 7.60. The summed E-state index contributed by atoms with van der Waals surface area (Å²) in [5.74, 6) is 0.164. The average molecular weight is 287 g/mol. The maximum absolute atomic E-state index is 11.2. The van der Waals surface area contributed by atoms with Crippen LogP contribution in [0.25, 0.3) is 11.2 Å². The second kappa shape index (κ2) is 5.47. The zero-order chi connectivity index (χ0) is 14.9. The molecule has 0 saturated heterocycles. The molecular weight excluding hydrogens is 266 g/mol. The standard InChI is InChI=1S/C16H21N3O2/c1-11-5-8-17-15-14(11)18-12(19-15)9-16(10-13(20)21)6-3-2-4-7-16/h5,8H,2-4,6-7,9-10H2,1H3,(H,20,21)(H,17,18,19). The maximum Gasteiger partial charge on any atom is 0.303 e. The minimum Gasteiger partial charge on any atom is -0.481 e. The molecule has 3 rings (SSSR count). The van der Waals surface area contributed by atoms with E-state index in [1.807, 2.05) is 13.0 Å². The molecule has 21 heavy (non-hydrogen) atoms. The molecule has 0 amide bonds. The van der Waals surface area contributed by atoms with Gasteiger partial charge in [-0.15, -0.1) is 0 Å². The van der Waals surface area contributed by atoms with Gasteiger partial charge in [0.15, 0.2) is 5.65 Å². The highest BCUT2D eigenvalue weighted by molar-refractivity contribution is 5.74. The van der Waals surface area contributed by atoms with Gasteiger partial charge in [0.25, 0.3) is 0 Å². The molecule has 112 valence electrons. The van der Waals surface area contributed by atoms with Crippen LogP contribution in [0.15, 0.2) is 12.3 Å². The fourth-order valence-electron chi connectivity index (χ4n) is 3.56. The molecule has 0 radical (unpaired) electrons. The van der Waals surface area contributed by atoms with Gasteiger partial charge in [0.2, 0.25) is 0 Å². The molecule has 2 N–H and O–H groups in total. The van der Waals surface area contributed by atoms with Gasteiger partial charge in [-0.25, -0.2) is 9.97 Å². The number of rotatable bonds is 4. The van der Waals surface area contributed by atoms with Crippen LogP contribution < -0.4 is 0 Å². The van der Waals surface area contributed by atoms with Crippen molar-refractivity contribution in [2.75, 3.05) is 0 Å². The van der Waals surface area contributed by atoms with E-state index < -0.39 is 5.97 Å². The third-order valence-corrected chi connectivity index (χ3v) is 4.63. The number of hydrogen-bond acceptors (Lipinski definition) is 3. The Morgan fingerprint density at radius 2 is 2.14 bits per heavy atom. The topological polar surface area (TPSA) is 78.9 Å². The largest absolute Gasteiger partial charge is 0.481 e. The molecule has 0 atom stereocenters. The molecule has 0 unspecified atom stereocenters. The number of aromatic amines is 1. The third-order valence-electron chi connectivity index (χ3n) is 4.63. The summed E-state index contributed by atoms with van der Waals surface area (Å²) in [5.41, 5.74) is 2.67. The number of hydrogen-bond donors (Lipinski definition) is 2. The van der Waals surface area contributed by atoms with E-state index in [1.54, 1.807) is 6.20 Å². The lowest BCUT2D eigenvalue weighted by Gasteiger charge is -2.35. The van der Waals surface area contributed by atoms with Crippen LogP contribution >= 0.6 is 0 Å². The van der Waals surface area contributed by atoms with E-state index in [1.165, 1.54) is 6.42 Å². The van der Waals surface area contributed by atoms with Crippen LogP contribution in [0.4, 0.5) is 0 Å². The molecule has 1 saturated carbocycles. The number of pyridine rings is 1. The number of H-pyrrole nitrogens is 1. The zero-order valence-electron chi connectivity index (χ0n) is 12.4. The van der Waals surface area contributed by atoms with E-state index in [2.05, 4.69) is 15.0 Å². The SMILES string of the molecule is Cc1ccnc2nc(CC3(CC(=O)O)CCCCC3)[nH]c12. The smallest absolute Gasteiger partial charge is 0.303 e. The number of carboxylic acids is 1. The lowest BCUT2D eigenvalue weighted by Crippen LogP contribution is -2.30. The van der Waals surface area contributed by atoms with Gasteiger partial charge in [0, 0.05) is 12.6 Å². The summed E-state index contributed by atoms with van der Waals surface area (Å²) in [6, 6.07) is 1.96. The highest BCUT2D eigenvalue weighted by Gasteiger charge is 2.35. The van der Waals surface area contributed by atoms with E-state index in [-0.39, 0.29) is 11.8 Å². The normalized spacial score (nSPS) is 18.0. The Kier molecular flexibility index (Phi) is 3.66. The van der Waals surface area contributed by atoms with E-state index in [0.717, 1.165) is 48.2 Å². The Hall–Kier alpha value is -1.91. The van der Waals surface area contributed by atoms with Gasteiger partial charge >= 0.3 is 5.97 Å². The van der Waals surface area contributed by atoms with Gasteiger partial charge in [-0.05, 0) is 36.8 Å².